The second-order valence-electron chi connectivity index (χ2n) is 4.84. The van der Waals surface area contributed by atoms with Crippen molar-refractivity contribution in [1.29, 1.82) is 0 Å². The summed E-state index contributed by atoms with van der Waals surface area (Å²) >= 11 is 8.80. The van der Waals surface area contributed by atoms with Crippen LogP contribution in [0.15, 0.2) is 48.0 Å². The Morgan fingerprint density at radius 1 is 1.22 bits per heavy atom. The van der Waals surface area contributed by atoms with Gasteiger partial charge in [-0.25, -0.2) is 4.98 Å². The highest BCUT2D eigenvalue weighted by Crippen LogP contribution is 2.33. The smallest absolute Gasteiger partial charge is 0.259 e. The fraction of sp³-hybridized carbons (Fsp3) is 0. The van der Waals surface area contributed by atoms with E-state index in [2.05, 4.69) is 15.3 Å². The van der Waals surface area contributed by atoms with Crippen LogP contribution in [0.1, 0.15) is 10.4 Å². The first kappa shape index (κ1) is 14.4. The van der Waals surface area contributed by atoms with Gasteiger partial charge < -0.3 is 4.98 Å². The van der Waals surface area contributed by atoms with Gasteiger partial charge in [0, 0.05) is 22.5 Å². The number of nitrogens with one attached hydrogen (secondary N) is 2. The second kappa shape index (κ2) is 5.81. The summed E-state index contributed by atoms with van der Waals surface area (Å²) in [5.41, 5.74) is 2.36. The number of rotatable bonds is 3. The van der Waals surface area contributed by atoms with E-state index < -0.39 is 0 Å². The van der Waals surface area contributed by atoms with Crippen molar-refractivity contribution in [2.45, 2.75) is 0 Å². The quantitative estimate of drug-likeness (QED) is 0.524. The van der Waals surface area contributed by atoms with Gasteiger partial charge in [-0.1, -0.05) is 29.8 Å². The van der Waals surface area contributed by atoms with Crippen LogP contribution in [0.2, 0.25) is 4.34 Å². The molecule has 0 radical (unpaired) electrons. The Morgan fingerprint density at radius 2 is 2.09 bits per heavy atom. The van der Waals surface area contributed by atoms with Gasteiger partial charge in [-0.3, -0.25) is 10.1 Å². The van der Waals surface area contributed by atoms with Gasteiger partial charge in [0.05, 0.1) is 20.5 Å². The molecule has 0 saturated heterocycles. The minimum atomic E-state index is -0.174. The van der Waals surface area contributed by atoms with E-state index in [4.69, 9.17) is 11.6 Å². The van der Waals surface area contributed by atoms with Crippen LogP contribution in [-0.4, -0.2) is 15.9 Å². The molecular formula is C16H10ClN3OS2. The maximum absolute atomic E-state index is 12.5. The molecule has 0 aliphatic heterocycles. The average Bonchev–Trinajstić information content (AvgIpc) is 3.25. The number of halogens is 1. The lowest BCUT2D eigenvalue weighted by molar-refractivity contribution is 0.102. The molecule has 1 aromatic carbocycles. The van der Waals surface area contributed by atoms with E-state index in [9.17, 15) is 4.79 Å². The number of nitrogens with zero attached hydrogens (tertiary/aromatic N) is 1. The number of hydrogen-bond acceptors (Lipinski definition) is 4. The maximum atomic E-state index is 12.5. The average molecular weight is 360 g/mol. The predicted molar refractivity (Wildman–Crippen MR) is 96.7 cm³/mol. The van der Waals surface area contributed by atoms with Gasteiger partial charge in [0.1, 0.15) is 0 Å². The molecule has 23 heavy (non-hydrogen) atoms. The molecule has 0 unspecified atom stereocenters. The van der Waals surface area contributed by atoms with Crippen molar-refractivity contribution < 1.29 is 4.79 Å². The van der Waals surface area contributed by atoms with E-state index in [-0.39, 0.29) is 5.91 Å². The standard InChI is InChI=1S/C16H10ClN3OS2/c17-14-6-5-13(23-14)12-8-22-16(19-12)20-15(21)10-7-18-11-4-2-1-3-9(10)11/h1-8,18H,(H,19,20,21). The van der Waals surface area contributed by atoms with Gasteiger partial charge >= 0.3 is 0 Å². The van der Waals surface area contributed by atoms with Gasteiger partial charge in [0.25, 0.3) is 5.91 Å². The summed E-state index contributed by atoms with van der Waals surface area (Å²) in [5.74, 6) is -0.174. The van der Waals surface area contributed by atoms with Gasteiger partial charge in [0.15, 0.2) is 5.13 Å². The lowest BCUT2D eigenvalue weighted by atomic mass is 10.2. The highest BCUT2D eigenvalue weighted by Gasteiger charge is 2.14. The molecule has 2 N–H and O–H groups in total. The Kier molecular flexibility index (Phi) is 3.65. The molecule has 0 atom stereocenters. The monoisotopic (exact) mass is 359 g/mol. The molecule has 0 spiro atoms. The molecule has 0 saturated carbocycles. The van der Waals surface area contributed by atoms with E-state index in [0.717, 1.165) is 25.8 Å². The van der Waals surface area contributed by atoms with Crippen molar-refractivity contribution in [3.8, 4) is 10.6 Å². The molecule has 0 bridgehead atoms. The Hall–Kier alpha value is -2.15. The lowest BCUT2D eigenvalue weighted by Gasteiger charge is -1.99. The Balaban J connectivity index is 1.58. The summed E-state index contributed by atoms with van der Waals surface area (Å²) in [6.45, 7) is 0. The molecule has 7 heteroatoms. The number of amides is 1. The second-order valence-corrected chi connectivity index (χ2v) is 7.42. The zero-order valence-electron chi connectivity index (χ0n) is 11.7. The van der Waals surface area contributed by atoms with E-state index in [0.29, 0.717) is 10.7 Å². The summed E-state index contributed by atoms with van der Waals surface area (Å²) in [6, 6.07) is 11.5. The first-order valence-electron chi connectivity index (χ1n) is 6.79. The molecule has 4 rings (SSSR count). The van der Waals surface area contributed by atoms with E-state index in [1.165, 1.54) is 22.7 Å². The molecule has 0 aliphatic rings. The number of thiophene rings is 1. The van der Waals surface area contributed by atoms with Crippen LogP contribution in [0, 0.1) is 0 Å². The number of para-hydroxylation sites is 1. The first-order chi connectivity index (χ1) is 11.2. The number of thiazole rings is 1. The van der Waals surface area contributed by atoms with E-state index >= 15 is 0 Å². The number of anilines is 1. The van der Waals surface area contributed by atoms with Gasteiger partial charge in [-0.2, -0.15) is 0 Å². The minimum Gasteiger partial charge on any atom is -0.360 e. The molecule has 0 aliphatic carbocycles. The molecule has 3 heterocycles. The molecule has 1 amide bonds. The number of carbonyl (C=O) groups excluding carboxylic acids is 1. The first-order valence-corrected chi connectivity index (χ1v) is 8.87. The predicted octanol–water partition coefficient (Wildman–Crippen LogP) is 5.26. The molecule has 3 aromatic heterocycles. The number of aromatic nitrogens is 2. The van der Waals surface area contributed by atoms with Gasteiger partial charge in [0.2, 0.25) is 0 Å². The largest absolute Gasteiger partial charge is 0.360 e. The highest BCUT2D eigenvalue weighted by atomic mass is 35.5. The normalized spacial score (nSPS) is 11.0. The number of benzene rings is 1. The Bertz CT molecular complexity index is 1000. The van der Waals surface area contributed by atoms with Crippen LogP contribution in [0.5, 0.6) is 0 Å². The summed E-state index contributed by atoms with van der Waals surface area (Å²) in [6.07, 6.45) is 1.72. The summed E-state index contributed by atoms with van der Waals surface area (Å²) in [5, 5.41) is 6.23. The Labute approximate surface area is 144 Å². The number of hydrogen-bond donors (Lipinski definition) is 2. The van der Waals surface area contributed by atoms with Crippen LogP contribution in [0.3, 0.4) is 0 Å². The SMILES string of the molecule is O=C(Nc1nc(-c2ccc(Cl)s2)cs1)c1c[nH]c2ccccc12. The minimum absolute atomic E-state index is 0.174. The topological polar surface area (TPSA) is 57.8 Å². The number of H-pyrrole nitrogens is 1. The zero-order valence-corrected chi connectivity index (χ0v) is 14.1. The van der Waals surface area contributed by atoms with Crippen molar-refractivity contribution in [1.82, 2.24) is 9.97 Å². The number of aromatic amines is 1. The third kappa shape index (κ3) is 2.76. The van der Waals surface area contributed by atoms with Crippen molar-refractivity contribution >= 4 is 56.2 Å². The van der Waals surface area contributed by atoms with E-state index in [1.807, 2.05) is 41.8 Å². The summed E-state index contributed by atoms with van der Waals surface area (Å²) in [4.78, 5) is 21.0. The van der Waals surface area contributed by atoms with Crippen molar-refractivity contribution in [3.05, 3.63) is 57.9 Å². The van der Waals surface area contributed by atoms with Gasteiger partial charge in [-0.05, 0) is 18.2 Å². The fourth-order valence-corrected chi connectivity index (χ4v) is 4.10. The number of carbonyl (C=O) groups is 1. The Morgan fingerprint density at radius 3 is 2.91 bits per heavy atom. The van der Waals surface area contributed by atoms with Crippen LogP contribution in [0.4, 0.5) is 5.13 Å². The molecule has 4 nitrogen and oxygen atoms in total. The van der Waals surface area contributed by atoms with Crippen molar-refractivity contribution in [2.75, 3.05) is 5.32 Å². The maximum Gasteiger partial charge on any atom is 0.259 e. The van der Waals surface area contributed by atoms with Gasteiger partial charge in [-0.15, -0.1) is 22.7 Å². The van der Waals surface area contributed by atoms with Crippen LogP contribution in [-0.2, 0) is 0 Å². The van der Waals surface area contributed by atoms with Crippen LogP contribution in [0.25, 0.3) is 21.5 Å². The summed E-state index contributed by atoms with van der Waals surface area (Å²) < 4.78 is 0.720. The zero-order chi connectivity index (χ0) is 15.8. The molecule has 4 aromatic rings. The highest BCUT2D eigenvalue weighted by molar-refractivity contribution is 7.20. The molecular weight excluding hydrogens is 350 g/mol. The summed E-state index contributed by atoms with van der Waals surface area (Å²) in [7, 11) is 0. The third-order valence-corrected chi connectivity index (χ3v) is 5.40. The van der Waals surface area contributed by atoms with Crippen molar-refractivity contribution in [2.24, 2.45) is 0 Å². The third-order valence-electron chi connectivity index (χ3n) is 3.38. The van der Waals surface area contributed by atoms with Crippen LogP contribution >= 0.6 is 34.3 Å². The molecule has 0 fully saturated rings. The number of fused-ring (bicyclic) bond motifs is 1. The molecule has 114 valence electrons. The van der Waals surface area contributed by atoms with E-state index in [1.54, 1.807) is 6.20 Å². The fourth-order valence-electron chi connectivity index (χ4n) is 2.32. The van der Waals surface area contributed by atoms with Crippen LogP contribution < -0.4 is 5.32 Å². The lowest BCUT2D eigenvalue weighted by Crippen LogP contribution is -2.11. The van der Waals surface area contributed by atoms with Crippen molar-refractivity contribution in [3.63, 3.8) is 0 Å².